The van der Waals surface area contributed by atoms with Gasteiger partial charge in [0.05, 0.1) is 5.56 Å². The molecule has 5 nitrogen and oxygen atoms in total. The minimum atomic E-state index is -4.80. The van der Waals surface area contributed by atoms with E-state index in [2.05, 4.69) is 15.1 Å². The fourth-order valence-electron chi connectivity index (χ4n) is 2.36. The molecule has 134 valence electrons. The Labute approximate surface area is 142 Å². The molecule has 0 spiro atoms. The molecule has 0 aliphatic heterocycles. The van der Waals surface area contributed by atoms with Crippen LogP contribution in [0.1, 0.15) is 27.4 Å². The summed E-state index contributed by atoms with van der Waals surface area (Å²) in [4.78, 5) is 24.3. The molecule has 0 aliphatic carbocycles. The van der Waals surface area contributed by atoms with Crippen LogP contribution in [-0.4, -0.2) is 24.9 Å². The van der Waals surface area contributed by atoms with E-state index >= 15 is 0 Å². The summed E-state index contributed by atoms with van der Waals surface area (Å²) in [5, 5.41) is 4.74. The van der Waals surface area contributed by atoms with Gasteiger partial charge in [-0.15, -0.1) is 0 Å². The molecule has 0 fully saturated rings. The van der Waals surface area contributed by atoms with E-state index in [1.165, 1.54) is 14.0 Å². The fourth-order valence-corrected chi connectivity index (χ4v) is 2.36. The summed E-state index contributed by atoms with van der Waals surface area (Å²) in [7, 11) is 1.38. The second-order valence-corrected chi connectivity index (χ2v) is 5.43. The standard InChI is InChI=1S/C17H17F3N2O3/c1-10-8-12(14(25-10)17(18,19)20)15(23)22-13(16(24)21-2)9-11-6-4-3-5-7-11/h3-8,13H,9H2,1-2H3,(H,21,24)(H,22,23). The Morgan fingerprint density at radius 3 is 2.40 bits per heavy atom. The van der Waals surface area contributed by atoms with Crippen LogP contribution in [-0.2, 0) is 17.4 Å². The molecule has 0 bridgehead atoms. The van der Waals surface area contributed by atoms with Gasteiger partial charge in [0.25, 0.3) is 5.91 Å². The number of benzene rings is 1. The zero-order valence-electron chi connectivity index (χ0n) is 13.6. The Morgan fingerprint density at radius 2 is 1.84 bits per heavy atom. The van der Waals surface area contributed by atoms with Gasteiger partial charge in [-0.25, -0.2) is 0 Å². The van der Waals surface area contributed by atoms with Gasteiger partial charge in [0, 0.05) is 13.5 Å². The number of likely N-dealkylation sites (N-methyl/N-ethyl adjacent to an activating group) is 1. The molecule has 1 heterocycles. The first-order chi connectivity index (χ1) is 11.7. The van der Waals surface area contributed by atoms with Gasteiger partial charge in [0.1, 0.15) is 11.8 Å². The van der Waals surface area contributed by atoms with Crippen molar-refractivity contribution in [1.29, 1.82) is 0 Å². The van der Waals surface area contributed by atoms with Gasteiger partial charge < -0.3 is 15.1 Å². The zero-order valence-corrected chi connectivity index (χ0v) is 13.6. The first kappa shape index (κ1) is 18.6. The summed E-state index contributed by atoms with van der Waals surface area (Å²) in [6.07, 6.45) is -4.66. The summed E-state index contributed by atoms with van der Waals surface area (Å²) in [5.41, 5.74) is 0.114. The maximum absolute atomic E-state index is 13.0. The number of carbonyl (C=O) groups excluding carboxylic acids is 2. The highest BCUT2D eigenvalue weighted by atomic mass is 19.4. The molecule has 25 heavy (non-hydrogen) atoms. The molecule has 0 saturated heterocycles. The molecule has 1 aromatic carbocycles. The van der Waals surface area contributed by atoms with Crippen LogP contribution in [0, 0.1) is 6.92 Å². The molecule has 2 amide bonds. The van der Waals surface area contributed by atoms with Crippen LogP contribution in [0.15, 0.2) is 40.8 Å². The van der Waals surface area contributed by atoms with E-state index in [-0.39, 0.29) is 12.2 Å². The molecule has 2 aromatic rings. The molecular weight excluding hydrogens is 337 g/mol. The quantitative estimate of drug-likeness (QED) is 0.867. The van der Waals surface area contributed by atoms with Crippen LogP contribution in [0.4, 0.5) is 13.2 Å². The molecule has 1 atom stereocenters. The number of rotatable bonds is 5. The van der Waals surface area contributed by atoms with E-state index in [1.54, 1.807) is 30.3 Å². The highest BCUT2D eigenvalue weighted by Crippen LogP contribution is 2.34. The minimum absolute atomic E-state index is 0.0444. The highest BCUT2D eigenvalue weighted by Gasteiger charge is 2.40. The maximum Gasteiger partial charge on any atom is 0.450 e. The Bertz CT molecular complexity index is 754. The molecular formula is C17H17F3N2O3. The SMILES string of the molecule is CNC(=O)C(Cc1ccccc1)NC(=O)c1cc(C)oc1C(F)(F)F. The van der Waals surface area contributed by atoms with Crippen molar-refractivity contribution in [2.45, 2.75) is 25.6 Å². The Kier molecular flexibility index (Phi) is 5.51. The van der Waals surface area contributed by atoms with Crippen LogP contribution < -0.4 is 10.6 Å². The smallest absolute Gasteiger partial charge is 0.450 e. The van der Waals surface area contributed by atoms with Crippen molar-refractivity contribution in [3.8, 4) is 0 Å². The Morgan fingerprint density at radius 1 is 1.20 bits per heavy atom. The molecule has 1 unspecified atom stereocenters. The average Bonchev–Trinajstić information content (AvgIpc) is 2.97. The number of carbonyl (C=O) groups is 2. The lowest BCUT2D eigenvalue weighted by Crippen LogP contribution is -2.47. The van der Waals surface area contributed by atoms with Crippen molar-refractivity contribution in [3.05, 3.63) is 59.0 Å². The van der Waals surface area contributed by atoms with Gasteiger partial charge in [0.15, 0.2) is 0 Å². The van der Waals surface area contributed by atoms with Gasteiger partial charge in [-0.3, -0.25) is 9.59 Å². The van der Waals surface area contributed by atoms with Gasteiger partial charge in [-0.1, -0.05) is 30.3 Å². The van der Waals surface area contributed by atoms with Crippen LogP contribution in [0.2, 0.25) is 0 Å². The van der Waals surface area contributed by atoms with Gasteiger partial charge in [0.2, 0.25) is 11.7 Å². The number of alkyl halides is 3. The summed E-state index contributed by atoms with van der Waals surface area (Å²) < 4.78 is 43.5. The maximum atomic E-state index is 13.0. The topological polar surface area (TPSA) is 71.3 Å². The van der Waals surface area contributed by atoms with Crippen molar-refractivity contribution in [2.75, 3.05) is 7.05 Å². The zero-order chi connectivity index (χ0) is 18.6. The minimum Gasteiger partial charge on any atom is -0.456 e. The third kappa shape index (κ3) is 4.62. The molecule has 0 aliphatic rings. The van der Waals surface area contributed by atoms with Crippen LogP contribution in [0.25, 0.3) is 0 Å². The summed E-state index contributed by atoms with van der Waals surface area (Å²) >= 11 is 0. The third-order valence-electron chi connectivity index (χ3n) is 3.51. The number of halogens is 3. The third-order valence-corrected chi connectivity index (χ3v) is 3.51. The van der Waals surface area contributed by atoms with Crippen molar-refractivity contribution >= 4 is 11.8 Å². The predicted octanol–water partition coefficient (Wildman–Crippen LogP) is 2.69. The van der Waals surface area contributed by atoms with Crippen molar-refractivity contribution in [3.63, 3.8) is 0 Å². The molecule has 2 rings (SSSR count). The van der Waals surface area contributed by atoms with Gasteiger partial charge >= 0.3 is 6.18 Å². The molecule has 2 N–H and O–H groups in total. The van der Waals surface area contributed by atoms with Crippen LogP contribution >= 0.6 is 0 Å². The second kappa shape index (κ2) is 7.42. The highest BCUT2D eigenvalue weighted by molar-refractivity contribution is 5.98. The number of hydrogen-bond donors (Lipinski definition) is 2. The normalized spacial score (nSPS) is 12.5. The van der Waals surface area contributed by atoms with E-state index in [0.29, 0.717) is 0 Å². The van der Waals surface area contributed by atoms with Gasteiger partial charge in [-0.05, 0) is 18.6 Å². The lowest BCUT2D eigenvalue weighted by molar-refractivity contribution is -0.153. The van der Waals surface area contributed by atoms with E-state index in [1.807, 2.05) is 0 Å². The largest absolute Gasteiger partial charge is 0.456 e. The van der Waals surface area contributed by atoms with E-state index < -0.39 is 35.4 Å². The number of hydrogen-bond acceptors (Lipinski definition) is 3. The van der Waals surface area contributed by atoms with E-state index in [0.717, 1.165) is 11.6 Å². The summed E-state index contributed by atoms with van der Waals surface area (Å²) in [6, 6.07) is 8.81. The van der Waals surface area contributed by atoms with Crippen molar-refractivity contribution < 1.29 is 27.2 Å². The monoisotopic (exact) mass is 354 g/mol. The predicted molar refractivity (Wildman–Crippen MR) is 83.9 cm³/mol. The summed E-state index contributed by atoms with van der Waals surface area (Å²) in [5.74, 6) is -2.95. The first-order valence-corrected chi connectivity index (χ1v) is 7.46. The number of furan rings is 1. The van der Waals surface area contributed by atoms with Crippen molar-refractivity contribution in [2.24, 2.45) is 0 Å². The number of amides is 2. The average molecular weight is 354 g/mol. The number of nitrogens with one attached hydrogen (secondary N) is 2. The first-order valence-electron chi connectivity index (χ1n) is 7.46. The van der Waals surface area contributed by atoms with Crippen LogP contribution in [0.3, 0.4) is 0 Å². The lowest BCUT2D eigenvalue weighted by Gasteiger charge is -2.17. The Hall–Kier alpha value is -2.77. The van der Waals surface area contributed by atoms with E-state index in [4.69, 9.17) is 0 Å². The number of aryl methyl sites for hydroxylation is 1. The Balaban J connectivity index is 2.24. The molecule has 8 heteroatoms. The van der Waals surface area contributed by atoms with Gasteiger partial charge in [-0.2, -0.15) is 13.2 Å². The lowest BCUT2D eigenvalue weighted by atomic mass is 10.0. The fraction of sp³-hybridized carbons (Fsp3) is 0.294. The molecule has 0 saturated carbocycles. The van der Waals surface area contributed by atoms with E-state index in [9.17, 15) is 22.8 Å². The van der Waals surface area contributed by atoms with Crippen LogP contribution in [0.5, 0.6) is 0 Å². The van der Waals surface area contributed by atoms with Crippen molar-refractivity contribution in [1.82, 2.24) is 10.6 Å². The molecule has 0 radical (unpaired) electrons. The molecule has 1 aromatic heterocycles. The summed E-state index contributed by atoms with van der Waals surface area (Å²) in [6.45, 7) is 1.31. The second-order valence-electron chi connectivity index (χ2n) is 5.43.